The third kappa shape index (κ3) is 6.13. The number of nitrogens with zero attached hydrogens (tertiary/aromatic N) is 2. The van der Waals surface area contributed by atoms with Crippen molar-refractivity contribution in [2.24, 2.45) is 0 Å². The highest BCUT2D eigenvalue weighted by Gasteiger charge is 2.16. The van der Waals surface area contributed by atoms with Crippen molar-refractivity contribution in [3.63, 3.8) is 0 Å². The van der Waals surface area contributed by atoms with E-state index in [9.17, 15) is 4.79 Å². The van der Waals surface area contributed by atoms with Crippen LogP contribution in [-0.4, -0.2) is 27.9 Å². The van der Waals surface area contributed by atoms with E-state index in [-0.39, 0.29) is 11.2 Å². The number of carbonyl (C=O) groups is 1. The maximum atomic E-state index is 12.2. The average Bonchev–Trinajstić information content (AvgIpc) is 3.01. The minimum absolute atomic E-state index is 0.0104. The summed E-state index contributed by atoms with van der Waals surface area (Å²) in [7, 11) is 0. The smallest absolute Gasteiger partial charge is 0.233 e. The molecule has 1 aromatic heterocycles. The number of nitrogens with one attached hydrogen (secondary N) is 2. The monoisotopic (exact) mass is 364 g/mol. The molecule has 0 saturated heterocycles. The van der Waals surface area contributed by atoms with E-state index in [2.05, 4.69) is 34.7 Å². The Morgan fingerprint density at radius 1 is 1.29 bits per heavy atom. The fraction of sp³-hybridized carbons (Fsp3) is 0.471. The zero-order chi connectivity index (χ0) is 17.4. The van der Waals surface area contributed by atoms with Crippen molar-refractivity contribution >= 4 is 34.1 Å². The first-order chi connectivity index (χ1) is 11.6. The molecule has 0 radical (unpaired) electrons. The van der Waals surface area contributed by atoms with Crippen LogP contribution in [0.2, 0.25) is 0 Å². The molecule has 0 bridgehead atoms. The van der Waals surface area contributed by atoms with Crippen LogP contribution >= 0.6 is 23.1 Å². The van der Waals surface area contributed by atoms with Crippen molar-refractivity contribution in [3.8, 4) is 0 Å². The van der Waals surface area contributed by atoms with Gasteiger partial charge in [0.2, 0.25) is 11.0 Å². The number of unbranched alkanes of at least 4 members (excludes halogenated alkanes) is 1. The van der Waals surface area contributed by atoms with E-state index in [1.54, 1.807) is 0 Å². The van der Waals surface area contributed by atoms with Gasteiger partial charge in [0.05, 0.1) is 5.25 Å². The molecule has 1 amide bonds. The second-order valence-corrected chi connectivity index (χ2v) is 8.18. The molecule has 5 nitrogen and oxygen atoms in total. The molecule has 0 spiro atoms. The fourth-order valence-corrected chi connectivity index (χ4v) is 3.89. The molecule has 1 aromatic carbocycles. The summed E-state index contributed by atoms with van der Waals surface area (Å²) in [6.45, 7) is 7.54. The van der Waals surface area contributed by atoms with Crippen molar-refractivity contribution in [3.05, 3.63) is 35.4 Å². The van der Waals surface area contributed by atoms with Crippen LogP contribution < -0.4 is 10.6 Å². The summed E-state index contributed by atoms with van der Waals surface area (Å²) in [4.78, 5) is 12.2. The largest absolute Gasteiger partial charge is 0.360 e. The SMILES string of the molecule is CCCCNc1nnc(SC(C)C(=O)NCc2ccc(C)cc2)s1. The average molecular weight is 365 g/mol. The normalized spacial score (nSPS) is 12.0. The molecule has 1 heterocycles. The molecule has 1 unspecified atom stereocenters. The summed E-state index contributed by atoms with van der Waals surface area (Å²) in [6, 6.07) is 8.17. The Labute approximate surface area is 151 Å². The number of rotatable bonds is 9. The zero-order valence-electron chi connectivity index (χ0n) is 14.3. The molecule has 2 aromatic rings. The molecule has 2 N–H and O–H groups in total. The van der Waals surface area contributed by atoms with Gasteiger partial charge >= 0.3 is 0 Å². The van der Waals surface area contributed by atoms with Gasteiger partial charge in [-0.1, -0.05) is 66.3 Å². The summed E-state index contributed by atoms with van der Waals surface area (Å²) >= 11 is 2.94. The predicted molar refractivity (Wildman–Crippen MR) is 102 cm³/mol. The molecule has 0 saturated carbocycles. The lowest BCUT2D eigenvalue weighted by Crippen LogP contribution is -2.30. The Balaban J connectivity index is 1.77. The van der Waals surface area contributed by atoms with Crippen LogP contribution in [0, 0.1) is 6.92 Å². The van der Waals surface area contributed by atoms with Crippen LogP contribution in [0.1, 0.15) is 37.8 Å². The summed E-state index contributed by atoms with van der Waals surface area (Å²) in [5.74, 6) is 0.0104. The van der Waals surface area contributed by atoms with E-state index >= 15 is 0 Å². The van der Waals surface area contributed by atoms with Gasteiger partial charge in [0.1, 0.15) is 0 Å². The van der Waals surface area contributed by atoms with Gasteiger partial charge in [0.15, 0.2) is 4.34 Å². The molecule has 130 valence electrons. The zero-order valence-corrected chi connectivity index (χ0v) is 16.0. The number of hydrogen-bond donors (Lipinski definition) is 2. The lowest BCUT2D eigenvalue weighted by molar-refractivity contribution is -0.120. The van der Waals surface area contributed by atoms with E-state index in [4.69, 9.17) is 0 Å². The lowest BCUT2D eigenvalue weighted by Gasteiger charge is -2.10. The van der Waals surface area contributed by atoms with Gasteiger partial charge in [-0.3, -0.25) is 4.79 Å². The summed E-state index contributed by atoms with van der Waals surface area (Å²) < 4.78 is 0.812. The number of aromatic nitrogens is 2. The van der Waals surface area contributed by atoms with Crippen LogP contribution in [0.4, 0.5) is 5.13 Å². The van der Waals surface area contributed by atoms with Gasteiger partial charge < -0.3 is 10.6 Å². The molecule has 7 heteroatoms. The highest BCUT2D eigenvalue weighted by Crippen LogP contribution is 2.28. The molecule has 1 atom stereocenters. The first-order valence-corrected chi connectivity index (χ1v) is 9.85. The van der Waals surface area contributed by atoms with Gasteiger partial charge in [-0.2, -0.15) is 0 Å². The standard InChI is InChI=1S/C17H24N4OS2/c1-4-5-10-18-16-20-21-17(24-16)23-13(3)15(22)19-11-14-8-6-12(2)7-9-14/h6-9,13H,4-5,10-11H2,1-3H3,(H,18,20)(H,19,22). The quantitative estimate of drug-likeness (QED) is 0.522. The van der Waals surface area contributed by atoms with Gasteiger partial charge in [-0.05, 0) is 25.8 Å². The summed E-state index contributed by atoms with van der Waals surface area (Å²) in [5, 5.41) is 15.1. The van der Waals surface area contributed by atoms with Crippen LogP contribution in [-0.2, 0) is 11.3 Å². The third-order valence-corrected chi connectivity index (χ3v) is 5.51. The summed E-state index contributed by atoms with van der Waals surface area (Å²) in [5.41, 5.74) is 2.32. The Kier molecular flexibility index (Phi) is 7.52. The van der Waals surface area contributed by atoms with Crippen molar-refractivity contribution in [2.75, 3.05) is 11.9 Å². The van der Waals surface area contributed by atoms with Crippen LogP contribution in [0.25, 0.3) is 0 Å². The molecular weight excluding hydrogens is 340 g/mol. The second-order valence-electron chi connectivity index (χ2n) is 5.62. The topological polar surface area (TPSA) is 66.9 Å². The third-order valence-electron chi connectivity index (χ3n) is 3.45. The molecular formula is C17H24N4OS2. The van der Waals surface area contributed by atoms with Gasteiger partial charge in [-0.25, -0.2) is 0 Å². The number of thioether (sulfide) groups is 1. The lowest BCUT2D eigenvalue weighted by atomic mass is 10.1. The highest BCUT2D eigenvalue weighted by molar-refractivity contribution is 8.02. The van der Waals surface area contributed by atoms with E-state index in [0.717, 1.165) is 34.4 Å². The van der Waals surface area contributed by atoms with E-state index in [1.165, 1.54) is 28.7 Å². The highest BCUT2D eigenvalue weighted by atomic mass is 32.2. The van der Waals surface area contributed by atoms with Gasteiger partial charge in [0.25, 0.3) is 0 Å². The second kappa shape index (κ2) is 9.64. The number of aryl methyl sites for hydroxylation is 1. The number of carbonyl (C=O) groups excluding carboxylic acids is 1. The molecule has 24 heavy (non-hydrogen) atoms. The molecule has 0 aliphatic heterocycles. The molecule has 2 rings (SSSR count). The van der Waals surface area contributed by atoms with E-state index < -0.39 is 0 Å². The van der Waals surface area contributed by atoms with Crippen LogP contribution in [0.5, 0.6) is 0 Å². The minimum Gasteiger partial charge on any atom is -0.360 e. The van der Waals surface area contributed by atoms with Crippen molar-refractivity contribution in [1.29, 1.82) is 0 Å². The first kappa shape index (κ1) is 18.7. The fourth-order valence-electron chi connectivity index (χ4n) is 1.94. The number of anilines is 1. The Morgan fingerprint density at radius 2 is 2.04 bits per heavy atom. The first-order valence-electron chi connectivity index (χ1n) is 8.15. The summed E-state index contributed by atoms with van der Waals surface area (Å²) in [6.07, 6.45) is 2.26. The van der Waals surface area contributed by atoms with Gasteiger partial charge in [0, 0.05) is 13.1 Å². The Hall–Kier alpha value is -1.60. The molecule has 0 aliphatic carbocycles. The number of hydrogen-bond acceptors (Lipinski definition) is 6. The number of benzene rings is 1. The minimum atomic E-state index is -0.202. The Bertz CT molecular complexity index is 642. The predicted octanol–water partition coefficient (Wildman–Crippen LogP) is 3.86. The Morgan fingerprint density at radius 3 is 2.75 bits per heavy atom. The van der Waals surface area contributed by atoms with Crippen LogP contribution in [0.15, 0.2) is 28.6 Å². The van der Waals surface area contributed by atoms with Crippen molar-refractivity contribution < 1.29 is 4.79 Å². The maximum Gasteiger partial charge on any atom is 0.233 e. The molecule has 0 fully saturated rings. The van der Waals surface area contributed by atoms with E-state index in [1.807, 2.05) is 31.2 Å². The number of amides is 1. The van der Waals surface area contributed by atoms with E-state index in [0.29, 0.717) is 6.54 Å². The van der Waals surface area contributed by atoms with Gasteiger partial charge in [-0.15, -0.1) is 10.2 Å². The van der Waals surface area contributed by atoms with Crippen LogP contribution in [0.3, 0.4) is 0 Å². The maximum absolute atomic E-state index is 12.2. The van der Waals surface area contributed by atoms with Crippen molar-refractivity contribution in [2.45, 2.75) is 49.7 Å². The van der Waals surface area contributed by atoms with Crippen molar-refractivity contribution in [1.82, 2.24) is 15.5 Å². The molecule has 0 aliphatic rings.